The predicted octanol–water partition coefficient (Wildman–Crippen LogP) is 0.968. The third-order valence-electron chi connectivity index (χ3n) is 2.58. The Kier molecular flexibility index (Phi) is 4.32. The van der Waals surface area contributed by atoms with E-state index in [4.69, 9.17) is 10.3 Å². The average Bonchev–Trinajstić information content (AvgIpc) is 2.64. The zero-order valence-electron chi connectivity index (χ0n) is 9.18. The summed E-state index contributed by atoms with van der Waals surface area (Å²) in [5, 5.41) is 3.70. The molecule has 1 aliphatic heterocycles. The van der Waals surface area contributed by atoms with Crippen LogP contribution in [0.1, 0.15) is 29.1 Å². The molecule has 90 valence electrons. The van der Waals surface area contributed by atoms with E-state index in [9.17, 15) is 4.79 Å². The molecule has 6 heteroatoms. The van der Waals surface area contributed by atoms with Crippen molar-refractivity contribution in [3.05, 3.63) is 17.5 Å². The van der Waals surface area contributed by atoms with Crippen molar-refractivity contribution in [2.24, 2.45) is 5.73 Å². The Balaban J connectivity index is 0.00000128. The molecule has 0 aromatic carbocycles. The molecule has 2 N–H and O–H groups in total. The van der Waals surface area contributed by atoms with Crippen LogP contribution in [0.15, 0.2) is 10.6 Å². The van der Waals surface area contributed by atoms with Crippen molar-refractivity contribution in [2.45, 2.75) is 25.8 Å². The van der Waals surface area contributed by atoms with Gasteiger partial charge in [0.15, 0.2) is 0 Å². The number of hydrogen-bond acceptors (Lipinski definition) is 4. The lowest BCUT2D eigenvalue weighted by atomic mass is 10.1. The Hall–Kier alpha value is -1.07. The normalized spacial score (nSPS) is 20.4. The lowest BCUT2D eigenvalue weighted by molar-refractivity contribution is 0.0667. The van der Waals surface area contributed by atoms with Crippen LogP contribution in [0.5, 0.6) is 0 Å². The molecule has 0 spiro atoms. The minimum atomic E-state index is -0.106. The molecule has 0 saturated carbocycles. The van der Waals surface area contributed by atoms with E-state index < -0.39 is 0 Å². The third kappa shape index (κ3) is 2.74. The first-order chi connectivity index (χ1) is 7.16. The van der Waals surface area contributed by atoms with Crippen molar-refractivity contribution in [1.82, 2.24) is 10.1 Å². The van der Waals surface area contributed by atoms with Crippen LogP contribution < -0.4 is 5.73 Å². The molecular weight excluding hydrogens is 230 g/mol. The fourth-order valence-corrected chi connectivity index (χ4v) is 1.81. The van der Waals surface area contributed by atoms with Crippen molar-refractivity contribution in [3.63, 3.8) is 0 Å². The molecule has 2 rings (SSSR count). The molecule has 1 amide bonds. The first kappa shape index (κ1) is 13.0. The molecule has 0 aliphatic carbocycles. The first-order valence-corrected chi connectivity index (χ1v) is 5.15. The van der Waals surface area contributed by atoms with Gasteiger partial charge in [-0.25, -0.2) is 0 Å². The van der Waals surface area contributed by atoms with Crippen LogP contribution in [-0.4, -0.2) is 35.1 Å². The largest absolute Gasteiger partial charge is 0.351 e. The highest BCUT2D eigenvalue weighted by Gasteiger charge is 2.24. The Bertz CT molecular complexity index is 367. The lowest BCUT2D eigenvalue weighted by Crippen LogP contribution is -2.45. The van der Waals surface area contributed by atoms with Gasteiger partial charge in [-0.1, -0.05) is 5.16 Å². The van der Waals surface area contributed by atoms with Crippen molar-refractivity contribution in [3.8, 4) is 0 Å². The number of halogens is 1. The molecule has 1 aliphatic rings. The maximum atomic E-state index is 11.9. The van der Waals surface area contributed by atoms with Gasteiger partial charge in [-0.2, -0.15) is 0 Å². The topological polar surface area (TPSA) is 72.4 Å². The van der Waals surface area contributed by atoms with Gasteiger partial charge >= 0.3 is 0 Å². The summed E-state index contributed by atoms with van der Waals surface area (Å²) in [6.45, 7) is 3.16. The van der Waals surface area contributed by atoms with Crippen LogP contribution >= 0.6 is 12.4 Å². The summed E-state index contributed by atoms with van der Waals surface area (Å²) >= 11 is 0. The molecule has 1 atom stereocenters. The highest BCUT2D eigenvalue weighted by atomic mass is 35.5. The fraction of sp³-hybridized carbons (Fsp3) is 0.600. The molecule has 1 fully saturated rings. The average molecular weight is 246 g/mol. The van der Waals surface area contributed by atoms with Gasteiger partial charge in [0, 0.05) is 25.2 Å². The number of nitrogens with zero attached hydrogens (tertiary/aromatic N) is 2. The molecular formula is C10H16ClN3O2. The number of piperidine rings is 1. The van der Waals surface area contributed by atoms with E-state index in [1.807, 2.05) is 0 Å². The first-order valence-electron chi connectivity index (χ1n) is 5.15. The third-order valence-corrected chi connectivity index (χ3v) is 2.58. The summed E-state index contributed by atoms with van der Waals surface area (Å²) in [6, 6.07) is 1.74. The van der Waals surface area contributed by atoms with Gasteiger partial charge in [0.05, 0.1) is 5.69 Å². The number of aromatic nitrogens is 1. The second-order valence-electron chi connectivity index (χ2n) is 3.99. The summed E-state index contributed by atoms with van der Waals surface area (Å²) in [5.74, 6) is 0.201. The molecule has 1 aromatic heterocycles. The van der Waals surface area contributed by atoms with E-state index in [0.717, 1.165) is 25.1 Å². The minimum Gasteiger partial charge on any atom is -0.351 e. The number of rotatable bonds is 1. The van der Waals surface area contributed by atoms with Gasteiger partial charge in [0.25, 0.3) is 5.91 Å². The SMILES string of the molecule is Cc1cc(C(=O)N2CCCC(N)C2)on1.Cl. The number of amides is 1. The zero-order valence-corrected chi connectivity index (χ0v) is 10.00. The summed E-state index contributed by atoms with van der Waals surface area (Å²) < 4.78 is 4.93. The summed E-state index contributed by atoms with van der Waals surface area (Å²) in [5.41, 5.74) is 6.53. The maximum Gasteiger partial charge on any atom is 0.292 e. The standard InChI is InChI=1S/C10H15N3O2.ClH/c1-7-5-9(15-12-7)10(14)13-4-2-3-8(11)6-13;/h5,8H,2-4,6,11H2,1H3;1H. The zero-order chi connectivity index (χ0) is 10.8. The monoisotopic (exact) mass is 245 g/mol. The molecule has 2 heterocycles. The van der Waals surface area contributed by atoms with E-state index in [-0.39, 0.29) is 24.4 Å². The van der Waals surface area contributed by atoms with Crippen molar-refractivity contribution >= 4 is 18.3 Å². The van der Waals surface area contributed by atoms with Gasteiger partial charge in [-0.05, 0) is 19.8 Å². The Morgan fingerprint density at radius 1 is 1.69 bits per heavy atom. The number of hydrogen-bond donors (Lipinski definition) is 1. The lowest BCUT2D eigenvalue weighted by Gasteiger charge is -2.29. The highest BCUT2D eigenvalue weighted by Crippen LogP contribution is 2.13. The van der Waals surface area contributed by atoms with Gasteiger partial charge in [-0.3, -0.25) is 4.79 Å². The summed E-state index contributed by atoms with van der Waals surface area (Å²) in [7, 11) is 0. The van der Waals surface area contributed by atoms with E-state index in [1.165, 1.54) is 0 Å². The van der Waals surface area contributed by atoms with Crippen LogP contribution in [0.2, 0.25) is 0 Å². The molecule has 0 radical (unpaired) electrons. The van der Waals surface area contributed by atoms with Crippen molar-refractivity contribution < 1.29 is 9.32 Å². The van der Waals surface area contributed by atoms with Crippen LogP contribution in [0.4, 0.5) is 0 Å². The highest BCUT2D eigenvalue weighted by molar-refractivity contribution is 5.91. The molecule has 1 aromatic rings. The summed E-state index contributed by atoms with van der Waals surface area (Å²) in [4.78, 5) is 13.6. The Morgan fingerprint density at radius 3 is 3.00 bits per heavy atom. The molecule has 16 heavy (non-hydrogen) atoms. The minimum absolute atomic E-state index is 0. The van der Waals surface area contributed by atoms with Gasteiger partial charge in [-0.15, -0.1) is 12.4 Å². The van der Waals surface area contributed by atoms with Crippen LogP contribution in [0.25, 0.3) is 0 Å². The van der Waals surface area contributed by atoms with E-state index >= 15 is 0 Å². The van der Waals surface area contributed by atoms with Gasteiger partial charge in [0.1, 0.15) is 0 Å². The number of carbonyl (C=O) groups excluding carboxylic acids is 1. The quantitative estimate of drug-likeness (QED) is 0.800. The smallest absolute Gasteiger partial charge is 0.292 e. The number of aryl methyl sites for hydroxylation is 1. The fourth-order valence-electron chi connectivity index (χ4n) is 1.81. The molecule has 1 saturated heterocycles. The molecule has 5 nitrogen and oxygen atoms in total. The Morgan fingerprint density at radius 2 is 2.44 bits per heavy atom. The van der Waals surface area contributed by atoms with E-state index in [0.29, 0.717) is 12.3 Å². The van der Waals surface area contributed by atoms with Crippen molar-refractivity contribution in [1.29, 1.82) is 0 Å². The van der Waals surface area contributed by atoms with Crippen molar-refractivity contribution in [2.75, 3.05) is 13.1 Å². The Labute approximate surface area is 100 Å². The van der Waals surface area contributed by atoms with E-state index in [1.54, 1.807) is 17.9 Å². The number of carbonyl (C=O) groups is 1. The predicted molar refractivity (Wildman–Crippen MR) is 61.6 cm³/mol. The number of likely N-dealkylation sites (tertiary alicyclic amines) is 1. The molecule has 1 unspecified atom stereocenters. The van der Waals surface area contributed by atoms with Gasteiger partial charge < -0.3 is 15.2 Å². The summed E-state index contributed by atoms with van der Waals surface area (Å²) in [6.07, 6.45) is 1.94. The second-order valence-corrected chi connectivity index (χ2v) is 3.99. The van der Waals surface area contributed by atoms with Crippen LogP contribution in [0.3, 0.4) is 0 Å². The number of nitrogens with two attached hydrogens (primary N) is 1. The van der Waals surface area contributed by atoms with Crippen LogP contribution in [0, 0.1) is 6.92 Å². The van der Waals surface area contributed by atoms with Crippen LogP contribution in [-0.2, 0) is 0 Å². The molecule has 0 bridgehead atoms. The van der Waals surface area contributed by atoms with E-state index in [2.05, 4.69) is 5.16 Å². The maximum absolute atomic E-state index is 11.9. The van der Waals surface area contributed by atoms with Gasteiger partial charge in [0.2, 0.25) is 5.76 Å². The second kappa shape index (κ2) is 5.32.